The topological polar surface area (TPSA) is 95.2 Å². The van der Waals surface area contributed by atoms with Gasteiger partial charge in [0.1, 0.15) is 12.2 Å². The van der Waals surface area contributed by atoms with Crippen LogP contribution in [0.1, 0.15) is 29.8 Å². The Bertz CT molecular complexity index is 507. The van der Waals surface area contributed by atoms with Gasteiger partial charge in [-0.3, -0.25) is 9.69 Å². The molecule has 4 atom stereocenters. The van der Waals surface area contributed by atoms with E-state index in [-0.39, 0.29) is 49.4 Å². The van der Waals surface area contributed by atoms with E-state index in [1.807, 2.05) is 0 Å². The van der Waals surface area contributed by atoms with Gasteiger partial charge in [0.2, 0.25) is 0 Å². The third-order valence-electron chi connectivity index (χ3n) is 4.66. The van der Waals surface area contributed by atoms with Gasteiger partial charge < -0.3 is 24.7 Å². The molecule has 0 radical (unpaired) electrons. The molecular weight excluding hydrogens is 336 g/mol. The van der Waals surface area contributed by atoms with Crippen molar-refractivity contribution in [3.05, 3.63) is 24.2 Å². The number of piperidine rings is 1. The number of amides is 1. The highest BCUT2D eigenvalue weighted by Gasteiger charge is 2.46. The standard InChI is InChI=1S/C16H24N2O5.ClH/c19-10-13-15(20)14(18-6-2-1-3-7-18)12(23-13)9-17-16(21)11-5-4-8-22-11;/h4-5,8,12-15,19-20H,1-3,6-7,9-10H2,(H,17,21);1H/t12-,13+,14+,15-;/m1./s1. The van der Waals surface area contributed by atoms with Crippen LogP contribution >= 0.6 is 12.4 Å². The summed E-state index contributed by atoms with van der Waals surface area (Å²) < 4.78 is 10.8. The first-order chi connectivity index (χ1) is 11.2. The van der Waals surface area contributed by atoms with Gasteiger partial charge in [0, 0.05) is 6.54 Å². The zero-order chi connectivity index (χ0) is 16.2. The smallest absolute Gasteiger partial charge is 0.287 e. The van der Waals surface area contributed by atoms with Crippen LogP contribution in [0.15, 0.2) is 22.8 Å². The first kappa shape index (κ1) is 19.2. The predicted octanol–water partition coefficient (Wildman–Crippen LogP) is 0.406. The van der Waals surface area contributed by atoms with Crippen LogP contribution in [-0.2, 0) is 4.74 Å². The summed E-state index contributed by atoms with van der Waals surface area (Å²) in [5.41, 5.74) is 0. The number of likely N-dealkylation sites (tertiary alicyclic amines) is 1. The molecule has 3 rings (SSSR count). The molecular formula is C16H25ClN2O5. The number of furan rings is 1. The lowest BCUT2D eigenvalue weighted by atomic mass is 9.99. The molecule has 0 aromatic carbocycles. The number of halogens is 1. The zero-order valence-electron chi connectivity index (χ0n) is 13.5. The van der Waals surface area contributed by atoms with Crippen LogP contribution in [0.4, 0.5) is 0 Å². The van der Waals surface area contributed by atoms with Crippen molar-refractivity contribution in [1.29, 1.82) is 0 Å². The molecule has 0 saturated carbocycles. The van der Waals surface area contributed by atoms with E-state index >= 15 is 0 Å². The second kappa shape index (κ2) is 8.82. The van der Waals surface area contributed by atoms with Gasteiger partial charge >= 0.3 is 0 Å². The fourth-order valence-corrected chi connectivity index (χ4v) is 3.50. The largest absolute Gasteiger partial charge is 0.459 e. The number of nitrogens with zero attached hydrogens (tertiary/aromatic N) is 1. The van der Waals surface area contributed by atoms with Gasteiger partial charge in [-0.1, -0.05) is 6.42 Å². The van der Waals surface area contributed by atoms with Crippen molar-refractivity contribution in [2.45, 2.75) is 43.6 Å². The number of ether oxygens (including phenoxy) is 1. The summed E-state index contributed by atoms with van der Waals surface area (Å²) in [4.78, 5) is 14.2. The van der Waals surface area contributed by atoms with E-state index in [1.54, 1.807) is 12.1 Å². The fourth-order valence-electron chi connectivity index (χ4n) is 3.50. The second-order valence-electron chi connectivity index (χ2n) is 6.16. The molecule has 136 valence electrons. The second-order valence-corrected chi connectivity index (χ2v) is 6.16. The van der Waals surface area contributed by atoms with Crippen molar-refractivity contribution < 1.29 is 24.2 Å². The molecule has 2 aliphatic heterocycles. The first-order valence-electron chi connectivity index (χ1n) is 8.21. The SMILES string of the molecule is Cl.O=C(NC[C@H]1O[C@@H](CO)[C@@H](O)[C@H]1N1CCCCC1)c1ccco1. The number of carbonyl (C=O) groups is 1. The number of nitrogens with one attached hydrogen (secondary N) is 1. The molecule has 1 amide bonds. The molecule has 3 heterocycles. The van der Waals surface area contributed by atoms with E-state index < -0.39 is 12.2 Å². The van der Waals surface area contributed by atoms with Crippen molar-refractivity contribution in [2.75, 3.05) is 26.2 Å². The highest BCUT2D eigenvalue weighted by molar-refractivity contribution is 5.91. The zero-order valence-corrected chi connectivity index (χ0v) is 14.3. The summed E-state index contributed by atoms with van der Waals surface area (Å²) >= 11 is 0. The molecule has 8 heteroatoms. The minimum Gasteiger partial charge on any atom is -0.459 e. The van der Waals surface area contributed by atoms with Crippen molar-refractivity contribution in [2.24, 2.45) is 0 Å². The predicted molar refractivity (Wildman–Crippen MR) is 89.3 cm³/mol. The summed E-state index contributed by atoms with van der Waals surface area (Å²) in [6.07, 6.45) is 3.14. The van der Waals surface area contributed by atoms with Gasteiger partial charge in [-0.2, -0.15) is 0 Å². The molecule has 7 nitrogen and oxygen atoms in total. The highest BCUT2D eigenvalue weighted by Crippen LogP contribution is 2.28. The lowest BCUT2D eigenvalue weighted by molar-refractivity contribution is -0.0209. The Kier molecular flexibility index (Phi) is 7.06. The van der Waals surface area contributed by atoms with Crippen LogP contribution in [-0.4, -0.2) is 71.6 Å². The van der Waals surface area contributed by atoms with Gasteiger partial charge in [0.05, 0.1) is 25.0 Å². The molecule has 3 N–H and O–H groups in total. The van der Waals surface area contributed by atoms with Crippen LogP contribution in [0.3, 0.4) is 0 Å². The van der Waals surface area contributed by atoms with Crippen LogP contribution in [0, 0.1) is 0 Å². The van der Waals surface area contributed by atoms with Crippen molar-refractivity contribution in [1.82, 2.24) is 10.2 Å². The Morgan fingerprint density at radius 3 is 2.67 bits per heavy atom. The van der Waals surface area contributed by atoms with E-state index in [4.69, 9.17) is 9.15 Å². The van der Waals surface area contributed by atoms with E-state index in [9.17, 15) is 15.0 Å². The molecule has 24 heavy (non-hydrogen) atoms. The number of rotatable bonds is 5. The Morgan fingerprint density at radius 2 is 2.04 bits per heavy atom. The third kappa shape index (κ3) is 4.10. The normalized spacial score (nSPS) is 30.8. The van der Waals surface area contributed by atoms with Crippen LogP contribution in [0.25, 0.3) is 0 Å². The molecule has 2 fully saturated rings. The average molecular weight is 361 g/mol. The lowest BCUT2D eigenvalue weighted by Gasteiger charge is -2.36. The Labute approximate surface area is 147 Å². The summed E-state index contributed by atoms with van der Waals surface area (Å²) in [5, 5.41) is 22.6. The van der Waals surface area contributed by atoms with E-state index in [0.717, 1.165) is 25.9 Å². The molecule has 1 aromatic heterocycles. The van der Waals surface area contributed by atoms with E-state index in [1.165, 1.54) is 12.7 Å². The maximum atomic E-state index is 12.0. The monoisotopic (exact) mass is 360 g/mol. The van der Waals surface area contributed by atoms with Crippen LogP contribution < -0.4 is 5.32 Å². The molecule has 2 saturated heterocycles. The molecule has 0 spiro atoms. The summed E-state index contributed by atoms with van der Waals surface area (Å²) in [6, 6.07) is 3.05. The minimum atomic E-state index is -0.747. The quantitative estimate of drug-likeness (QED) is 0.704. The van der Waals surface area contributed by atoms with Crippen molar-refractivity contribution in [3.63, 3.8) is 0 Å². The lowest BCUT2D eigenvalue weighted by Crippen LogP contribution is -2.52. The number of hydrogen-bond acceptors (Lipinski definition) is 6. The summed E-state index contributed by atoms with van der Waals surface area (Å²) in [5.74, 6) is -0.0605. The van der Waals surface area contributed by atoms with E-state index in [0.29, 0.717) is 0 Å². The number of aliphatic hydroxyl groups is 2. The highest BCUT2D eigenvalue weighted by atomic mass is 35.5. The molecule has 0 aliphatic carbocycles. The average Bonchev–Trinajstić information content (AvgIpc) is 3.21. The Morgan fingerprint density at radius 1 is 1.29 bits per heavy atom. The van der Waals surface area contributed by atoms with Gasteiger partial charge in [-0.25, -0.2) is 0 Å². The summed E-state index contributed by atoms with van der Waals surface area (Å²) in [7, 11) is 0. The molecule has 1 aromatic rings. The van der Waals surface area contributed by atoms with Crippen molar-refractivity contribution >= 4 is 18.3 Å². The number of hydrogen-bond donors (Lipinski definition) is 3. The Hall–Kier alpha value is -1.12. The number of carbonyl (C=O) groups excluding carboxylic acids is 1. The molecule has 2 aliphatic rings. The fraction of sp³-hybridized carbons (Fsp3) is 0.688. The van der Waals surface area contributed by atoms with Crippen LogP contribution in [0.5, 0.6) is 0 Å². The van der Waals surface area contributed by atoms with Crippen LogP contribution in [0.2, 0.25) is 0 Å². The van der Waals surface area contributed by atoms with Gasteiger partial charge in [-0.05, 0) is 38.1 Å². The third-order valence-corrected chi connectivity index (χ3v) is 4.66. The Balaban J connectivity index is 0.00000208. The van der Waals surface area contributed by atoms with Gasteiger partial charge in [0.25, 0.3) is 5.91 Å². The van der Waals surface area contributed by atoms with Gasteiger partial charge in [0.15, 0.2) is 5.76 Å². The molecule has 0 bridgehead atoms. The van der Waals surface area contributed by atoms with Gasteiger partial charge in [-0.15, -0.1) is 12.4 Å². The molecule has 0 unspecified atom stereocenters. The summed E-state index contributed by atoms with van der Waals surface area (Å²) in [6.45, 7) is 1.86. The van der Waals surface area contributed by atoms with Crippen molar-refractivity contribution in [3.8, 4) is 0 Å². The maximum Gasteiger partial charge on any atom is 0.287 e. The maximum absolute atomic E-state index is 12.0. The number of aliphatic hydroxyl groups excluding tert-OH is 2. The first-order valence-corrected chi connectivity index (χ1v) is 8.21. The minimum absolute atomic E-state index is 0. The van der Waals surface area contributed by atoms with E-state index in [2.05, 4.69) is 10.2 Å².